The molecule has 0 atom stereocenters. The molecule has 1 fully saturated rings. The third kappa shape index (κ3) is 2.33. The van der Waals surface area contributed by atoms with Crippen molar-refractivity contribution >= 4 is 34.6 Å². The first kappa shape index (κ1) is 15.9. The highest BCUT2D eigenvalue weighted by Gasteiger charge is 2.34. The van der Waals surface area contributed by atoms with Gasteiger partial charge in [-0.15, -0.1) is 0 Å². The number of amides is 2. The van der Waals surface area contributed by atoms with Crippen LogP contribution < -0.4 is 16.1 Å². The molecule has 130 valence electrons. The topological polar surface area (TPSA) is 76.3 Å². The standard InChI is InChI=1S/C19H16N4O3/c1-21-15-9-8-12(11-16(15)22(2)19(21)26)10-14-17(24)20-23(18(14)25)13-6-4-3-5-7-13/h3-11H,1-2H3,(H,20,24). The second-order valence-electron chi connectivity index (χ2n) is 6.12. The van der Waals surface area contributed by atoms with E-state index in [9.17, 15) is 14.4 Å². The highest BCUT2D eigenvalue weighted by molar-refractivity contribution is 6.31. The summed E-state index contributed by atoms with van der Waals surface area (Å²) in [5.41, 5.74) is 5.27. The monoisotopic (exact) mass is 348 g/mol. The minimum absolute atomic E-state index is 0.0501. The normalized spacial score (nSPS) is 15.9. The second-order valence-corrected chi connectivity index (χ2v) is 6.12. The molecule has 0 radical (unpaired) electrons. The second kappa shape index (κ2) is 5.73. The van der Waals surface area contributed by atoms with Gasteiger partial charge in [-0.25, -0.2) is 9.80 Å². The van der Waals surface area contributed by atoms with Gasteiger partial charge in [0.15, 0.2) is 0 Å². The van der Waals surface area contributed by atoms with Gasteiger partial charge in [0.1, 0.15) is 5.57 Å². The van der Waals surface area contributed by atoms with Crippen LogP contribution in [0, 0.1) is 0 Å². The van der Waals surface area contributed by atoms with E-state index >= 15 is 0 Å². The van der Waals surface area contributed by atoms with Crippen molar-refractivity contribution in [1.29, 1.82) is 0 Å². The molecule has 2 amide bonds. The van der Waals surface area contributed by atoms with E-state index in [1.54, 1.807) is 61.1 Å². The molecule has 7 nitrogen and oxygen atoms in total. The van der Waals surface area contributed by atoms with Gasteiger partial charge < -0.3 is 0 Å². The molecule has 2 aromatic carbocycles. The smallest absolute Gasteiger partial charge is 0.295 e. The molecule has 3 aromatic rings. The number of rotatable bonds is 2. The van der Waals surface area contributed by atoms with Crippen molar-refractivity contribution in [3.8, 4) is 0 Å². The molecule has 26 heavy (non-hydrogen) atoms. The molecule has 4 rings (SSSR count). The lowest BCUT2D eigenvalue weighted by molar-refractivity contribution is -0.117. The number of carbonyl (C=O) groups is 2. The number of hydrogen-bond acceptors (Lipinski definition) is 3. The van der Waals surface area contributed by atoms with Gasteiger partial charge in [0.25, 0.3) is 11.8 Å². The molecule has 0 spiro atoms. The number of carbonyl (C=O) groups excluding carboxylic acids is 2. The predicted octanol–water partition coefficient (Wildman–Crippen LogP) is 1.34. The molecule has 1 aromatic heterocycles. The number of anilines is 1. The molecule has 7 heteroatoms. The van der Waals surface area contributed by atoms with Gasteiger partial charge in [0.05, 0.1) is 16.7 Å². The Bertz CT molecular complexity index is 1140. The Morgan fingerprint density at radius 2 is 1.58 bits per heavy atom. The summed E-state index contributed by atoms with van der Waals surface area (Å²) < 4.78 is 3.08. The molecule has 1 saturated heterocycles. The molecule has 0 saturated carbocycles. The molecule has 1 N–H and O–H groups in total. The minimum atomic E-state index is -0.457. The highest BCUT2D eigenvalue weighted by Crippen LogP contribution is 2.22. The summed E-state index contributed by atoms with van der Waals surface area (Å²) in [7, 11) is 3.39. The molecular formula is C19H16N4O3. The Morgan fingerprint density at radius 1 is 0.885 bits per heavy atom. The van der Waals surface area contributed by atoms with Crippen LogP contribution in [-0.4, -0.2) is 20.9 Å². The number of benzene rings is 2. The van der Waals surface area contributed by atoms with Crippen molar-refractivity contribution in [3.63, 3.8) is 0 Å². The van der Waals surface area contributed by atoms with Crippen molar-refractivity contribution < 1.29 is 9.59 Å². The Kier molecular flexibility index (Phi) is 3.50. The fourth-order valence-corrected chi connectivity index (χ4v) is 3.10. The van der Waals surface area contributed by atoms with Crippen LogP contribution in [0.4, 0.5) is 5.69 Å². The van der Waals surface area contributed by atoms with Crippen LogP contribution in [0.5, 0.6) is 0 Å². The lowest BCUT2D eigenvalue weighted by atomic mass is 10.1. The summed E-state index contributed by atoms with van der Waals surface area (Å²) in [6.07, 6.45) is 1.54. The van der Waals surface area contributed by atoms with Crippen LogP contribution in [0.1, 0.15) is 5.56 Å². The lowest BCUT2D eigenvalue weighted by Crippen LogP contribution is -2.35. The Morgan fingerprint density at radius 3 is 2.31 bits per heavy atom. The lowest BCUT2D eigenvalue weighted by Gasteiger charge is -2.13. The van der Waals surface area contributed by atoms with Crippen molar-refractivity contribution in [1.82, 2.24) is 14.6 Å². The van der Waals surface area contributed by atoms with Crippen LogP contribution in [0.25, 0.3) is 17.1 Å². The van der Waals surface area contributed by atoms with Crippen LogP contribution in [0.15, 0.2) is 58.9 Å². The summed E-state index contributed by atoms with van der Waals surface area (Å²) in [6, 6.07) is 14.3. The SMILES string of the molecule is Cn1c(=O)n(C)c2cc(C=C3C(=O)NN(c4ccccc4)C3=O)ccc21. The average molecular weight is 348 g/mol. The van der Waals surface area contributed by atoms with Gasteiger partial charge in [-0.1, -0.05) is 24.3 Å². The number of fused-ring (bicyclic) bond motifs is 1. The number of nitrogens with one attached hydrogen (secondary N) is 1. The number of para-hydroxylation sites is 1. The number of imidazole rings is 1. The first-order valence-corrected chi connectivity index (χ1v) is 8.05. The summed E-state index contributed by atoms with van der Waals surface area (Å²) >= 11 is 0. The minimum Gasteiger partial charge on any atom is -0.295 e. The fourth-order valence-electron chi connectivity index (χ4n) is 3.10. The van der Waals surface area contributed by atoms with E-state index in [0.29, 0.717) is 11.3 Å². The van der Waals surface area contributed by atoms with Crippen molar-refractivity contribution in [3.05, 3.63) is 70.2 Å². The molecule has 1 aliphatic heterocycles. The van der Waals surface area contributed by atoms with Gasteiger partial charge in [0.2, 0.25) is 0 Å². The number of hydrogen-bond donors (Lipinski definition) is 1. The van der Waals surface area contributed by atoms with Gasteiger partial charge in [-0.3, -0.25) is 24.1 Å². The first-order valence-electron chi connectivity index (χ1n) is 8.05. The largest absolute Gasteiger partial charge is 0.328 e. The fraction of sp³-hybridized carbons (Fsp3) is 0.105. The summed E-state index contributed by atoms with van der Waals surface area (Å²) in [6.45, 7) is 0. The van der Waals surface area contributed by atoms with Gasteiger partial charge >= 0.3 is 5.69 Å². The van der Waals surface area contributed by atoms with Crippen LogP contribution in [0.3, 0.4) is 0 Å². The van der Waals surface area contributed by atoms with E-state index in [2.05, 4.69) is 5.43 Å². The summed E-state index contributed by atoms with van der Waals surface area (Å²) in [4.78, 5) is 36.9. The van der Waals surface area contributed by atoms with Crippen LogP contribution in [-0.2, 0) is 23.7 Å². The molecule has 0 aliphatic carbocycles. The van der Waals surface area contributed by atoms with Crippen molar-refractivity contribution in [2.45, 2.75) is 0 Å². The molecule has 1 aliphatic rings. The Labute approximate surface area is 148 Å². The number of hydrazine groups is 1. The van der Waals surface area contributed by atoms with Gasteiger partial charge in [0, 0.05) is 14.1 Å². The summed E-state index contributed by atoms with van der Waals surface area (Å²) in [5.74, 6) is -0.871. The van der Waals surface area contributed by atoms with Crippen molar-refractivity contribution in [2.75, 3.05) is 5.01 Å². The third-order valence-corrected chi connectivity index (χ3v) is 4.51. The van der Waals surface area contributed by atoms with Crippen molar-refractivity contribution in [2.24, 2.45) is 14.1 Å². The number of aryl methyl sites for hydroxylation is 2. The molecule has 2 heterocycles. The Balaban J connectivity index is 1.75. The zero-order valence-corrected chi connectivity index (χ0v) is 14.3. The van der Waals surface area contributed by atoms with Crippen LogP contribution in [0.2, 0.25) is 0 Å². The number of nitrogens with zero attached hydrogens (tertiary/aromatic N) is 3. The predicted molar refractivity (Wildman–Crippen MR) is 98.2 cm³/mol. The maximum absolute atomic E-state index is 12.6. The Hall–Kier alpha value is -3.61. The maximum atomic E-state index is 12.6. The summed E-state index contributed by atoms with van der Waals surface area (Å²) in [5, 5.41) is 1.23. The zero-order valence-electron chi connectivity index (χ0n) is 14.3. The molecule has 0 bridgehead atoms. The average Bonchev–Trinajstić information content (AvgIpc) is 3.05. The van der Waals surface area contributed by atoms with E-state index in [1.807, 2.05) is 6.07 Å². The number of aromatic nitrogens is 2. The van der Waals surface area contributed by atoms with Gasteiger partial charge in [-0.2, -0.15) is 0 Å². The van der Waals surface area contributed by atoms with E-state index in [1.165, 1.54) is 15.7 Å². The first-order chi connectivity index (χ1) is 12.5. The van der Waals surface area contributed by atoms with E-state index < -0.39 is 11.8 Å². The van der Waals surface area contributed by atoms with E-state index in [4.69, 9.17) is 0 Å². The molecule has 0 unspecified atom stereocenters. The zero-order chi connectivity index (χ0) is 18.4. The highest BCUT2D eigenvalue weighted by atomic mass is 16.2. The van der Waals surface area contributed by atoms with Crippen LogP contribution >= 0.6 is 0 Å². The van der Waals surface area contributed by atoms with E-state index in [0.717, 1.165) is 11.0 Å². The van der Waals surface area contributed by atoms with Gasteiger partial charge in [-0.05, 0) is 35.9 Å². The maximum Gasteiger partial charge on any atom is 0.328 e. The molecular weight excluding hydrogens is 332 g/mol. The quantitative estimate of drug-likeness (QED) is 0.561. The van der Waals surface area contributed by atoms with E-state index in [-0.39, 0.29) is 11.3 Å². The third-order valence-electron chi connectivity index (χ3n) is 4.51.